The van der Waals surface area contributed by atoms with Gasteiger partial charge < -0.3 is 11.1 Å². The molecule has 0 saturated heterocycles. The zero-order valence-corrected chi connectivity index (χ0v) is 12.4. The molecule has 0 aromatic carbocycles. The SMILES string of the molecule is CC1CC(C(=O)Nc2nc(C3CC3)cs2)(C(N)=S)C1. The molecule has 4 nitrogen and oxygen atoms in total. The van der Waals surface area contributed by atoms with E-state index in [9.17, 15) is 4.79 Å². The zero-order chi connectivity index (χ0) is 13.6. The maximum Gasteiger partial charge on any atom is 0.239 e. The lowest BCUT2D eigenvalue weighted by molar-refractivity contribution is -0.127. The number of thiazole rings is 1. The van der Waals surface area contributed by atoms with Crippen LogP contribution in [0.4, 0.5) is 5.13 Å². The molecule has 0 bridgehead atoms. The number of nitrogens with zero attached hydrogens (tertiary/aromatic N) is 1. The second-order valence-electron chi connectivity index (χ2n) is 5.77. The number of hydrogen-bond acceptors (Lipinski definition) is 4. The number of carbonyl (C=O) groups is 1. The van der Waals surface area contributed by atoms with E-state index in [4.69, 9.17) is 18.0 Å². The topological polar surface area (TPSA) is 68.0 Å². The minimum absolute atomic E-state index is 0.0882. The Morgan fingerprint density at radius 2 is 2.26 bits per heavy atom. The van der Waals surface area contributed by atoms with Crippen molar-refractivity contribution >= 4 is 39.6 Å². The van der Waals surface area contributed by atoms with E-state index < -0.39 is 5.41 Å². The molecular formula is C13H17N3OS2. The second kappa shape index (κ2) is 4.52. The Bertz CT molecular complexity index is 530. The van der Waals surface area contributed by atoms with E-state index in [2.05, 4.69) is 17.2 Å². The van der Waals surface area contributed by atoms with Gasteiger partial charge in [0.1, 0.15) is 0 Å². The molecule has 3 N–H and O–H groups in total. The van der Waals surface area contributed by atoms with Crippen LogP contribution < -0.4 is 11.1 Å². The van der Waals surface area contributed by atoms with Crippen LogP contribution in [0.5, 0.6) is 0 Å². The van der Waals surface area contributed by atoms with Gasteiger partial charge in [0.2, 0.25) is 5.91 Å². The molecule has 19 heavy (non-hydrogen) atoms. The summed E-state index contributed by atoms with van der Waals surface area (Å²) in [5, 5.41) is 5.59. The molecule has 1 amide bonds. The van der Waals surface area contributed by atoms with E-state index in [1.165, 1.54) is 24.2 Å². The Morgan fingerprint density at radius 3 is 2.79 bits per heavy atom. The Labute approximate surface area is 121 Å². The average Bonchev–Trinajstić information content (AvgIpc) is 3.06. The lowest BCUT2D eigenvalue weighted by Gasteiger charge is -2.43. The zero-order valence-electron chi connectivity index (χ0n) is 10.8. The highest BCUT2D eigenvalue weighted by atomic mass is 32.1. The van der Waals surface area contributed by atoms with Crippen LogP contribution in [0, 0.1) is 11.3 Å². The van der Waals surface area contributed by atoms with Gasteiger partial charge in [-0.25, -0.2) is 4.98 Å². The fourth-order valence-corrected chi connectivity index (χ4v) is 3.80. The van der Waals surface area contributed by atoms with E-state index in [0.29, 0.717) is 22.0 Å². The third-order valence-corrected chi connectivity index (χ3v) is 5.20. The number of anilines is 1. The Balaban J connectivity index is 1.70. The number of nitrogens with two attached hydrogens (primary N) is 1. The lowest BCUT2D eigenvalue weighted by atomic mass is 9.62. The highest BCUT2D eigenvalue weighted by molar-refractivity contribution is 7.80. The summed E-state index contributed by atoms with van der Waals surface area (Å²) in [5.41, 5.74) is 6.22. The summed E-state index contributed by atoms with van der Waals surface area (Å²) in [5.74, 6) is 1.02. The molecule has 1 aromatic rings. The van der Waals surface area contributed by atoms with Crippen molar-refractivity contribution in [2.24, 2.45) is 17.1 Å². The molecule has 1 aromatic heterocycles. The van der Waals surface area contributed by atoms with Gasteiger partial charge in [-0.1, -0.05) is 19.1 Å². The van der Waals surface area contributed by atoms with Crippen molar-refractivity contribution in [3.8, 4) is 0 Å². The Kier molecular flexibility index (Phi) is 3.09. The predicted octanol–water partition coefficient (Wildman–Crippen LogP) is 2.66. The van der Waals surface area contributed by atoms with Crippen molar-refractivity contribution in [3.05, 3.63) is 11.1 Å². The van der Waals surface area contributed by atoms with Gasteiger partial charge in [-0.2, -0.15) is 0 Å². The third-order valence-electron chi connectivity index (χ3n) is 4.04. The van der Waals surface area contributed by atoms with Gasteiger partial charge in [0, 0.05) is 11.3 Å². The normalized spacial score (nSPS) is 29.6. The fourth-order valence-electron chi connectivity index (χ4n) is 2.76. The number of amides is 1. The summed E-state index contributed by atoms with van der Waals surface area (Å²) in [7, 11) is 0. The molecule has 2 fully saturated rings. The summed E-state index contributed by atoms with van der Waals surface area (Å²) in [6.07, 6.45) is 3.92. The molecule has 0 unspecified atom stereocenters. The van der Waals surface area contributed by atoms with Crippen LogP contribution in [0.15, 0.2) is 5.38 Å². The smallest absolute Gasteiger partial charge is 0.239 e. The number of thiocarbonyl (C=S) groups is 1. The first kappa shape index (κ1) is 13.0. The minimum Gasteiger partial charge on any atom is -0.392 e. The summed E-state index contributed by atoms with van der Waals surface area (Å²) in [6, 6.07) is 0. The minimum atomic E-state index is -0.653. The molecule has 0 spiro atoms. The molecular weight excluding hydrogens is 278 g/mol. The lowest BCUT2D eigenvalue weighted by Crippen LogP contribution is -2.53. The molecule has 2 aliphatic rings. The van der Waals surface area contributed by atoms with E-state index in [0.717, 1.165) is 18.5 Å². The maximum atomic E-state index is 12.4. The predicted molar refractivity (Wildman–Crippen MR) is 80.3 cm³/mol. The van der Waals surface area contributed by atoms with Crippen LogP contribution in [0.25, 0.3) is 0 Å². The van der Waals surface area contributed by atoms with Gasteiger partial charge in [-0.15, -0.1) is 11.3 Å². The molecule has 102 valence electrons. The fraction of sp³-hybridized carbons (Fsp3) is 0.615. The monoisotopic (exact) mass is 295 g/mol. The van der Waals surface area contributed by atoms with Gasteiger partial charge in [0.15, 0.2) is 5.13 Å². The van der Waals surface area contributed by atoms with Crippen molar-refractivity contribution < 1.29 is 4.79 Å². The van der Waals surface area contributed by atoms with Crippen LogP contribution in [0.3, 0.4) is 0 Å². The van der Waals surface area contributed by atoms with Crippen LogP contribution in [-0.2, 0) is 4.79 Å². The van der Waals surface area contributed by atoms with Crippen molar-refractivity contribution in [2.45, 2.75) is 38.5 Å². The second-order valence-corrected chi connectivity index (χ2v) is 7.06. The molecule has 0 radical (unpaired) electrons. The number of carbonyl (C=O) groups excluding carboxylic acids is 1. The van der Waals surface area contributed by atoms with E-state index >= 15 is 0 Å². The largest absolute Gasteiger partial charge is 0.392 e. The highest BCUT2D eigenvalue weighted by Gasteiger charge is 2.51. The van der Waals surface area contributed by atoms with E-state index in [1.54, 1.807) is 0 Å². The standard InChI is InChI=1S/C13H17N3OS2/c1-7-4-13(5-7,10(14)18)11(17)16-12-15-9(6-19-12)8-2-3-8/h6-8H,2-5H2,1H3,(H2,14,18)(H,15,16,17). The average molecular weight is 295 g/mol. The van der Waals surface area contributed by atoms with E-state index in [1.807, 2.05) is 5.38 Å². The van der Waals surface area contributed by atoms with Crippen molar-refractivity contribution in [2.75, 3.05) is 5.32 Å². The van der Waals surface area contributed by atoms with Crippen LogP contribution >= 0.6 is 23.6 Å². The molecule has 2 saturated carbocycles. The first-order valence-corrected chi connectivity index (χ1v) is 7.87. The molecule has 6 heteroatoms. The number of aromatic nitrogens is 1. The number of nitrogens with one attached hydrogen (secondary N) is 1. The van der Waals surface area contributed by atoms with Gasteiger partial charge in [0.25, 0.3) is 0 Å². The van der Waals surface area contributed by atoms with Crippen molar-refractivity contribution in [1.29, 1.82) is 0 Å². The quantitative estimate of drug-likeness (QED) is 0.838. The first-order chi connectivity index (χ1) is 9.01. The number of rotatable bonds is 4. The van der Waals surface area contributed by atoms with Crippen LogP contribution in [0.1, 0.15) is 44.2 Å². The molecule has 2 aliphatic carbocycles. The maximum absolute atomic E-state index is 12.4. The van der Waals surface area contributed by atoms with Gasteiger partial charge >= 0.3 is 0 Å². The molecule has 1 heterocycles. The van der Waals surface area contributed by atoms with Gasteiger partial charge in [0.05, 0.1) is 16.1 Å². The summed E-state index contributed by atoms with van der Waals surface area (Å²) >= 11 is 6.57. The highest BCUT2D eigenvalue weighted by Crippen LogP contribution is 2.47. The first-order valence-electron chi connectivity index (χ1n) is 6.58. The van der Waals surface area contributed by atoms with E-state index in [-0.39, 0.29) is 5.91 Å². The van der Waals surface area contributed by atoms with Crippen molar-refractivity contribution in [3.63, 3.8) is 0 Å². The molecule has 0 atom stereocenters. The summed E-state index contributed by atoms with van der Waals surface area (Å²) in [4.78, 5) is 17.2. The van der Waals surface area contributed by atoms with Crippen LogP contribution in [-0.4, -0.2) is 15.9 Å². The van der Waals surface area contributed by atoms with Gasteiger partial charge in [-0.3, -0.25) is 4.79 Å². The third kappa shape index (κ3) is 2.27. The summed E-state index contributed by atoms with van der Waals surface area (Å²) < 4.78 is 0. The van der Waals surface area contributed by atoms with Gasteiger partial charge in [-0.05, 0) is 31.6 Å². The Hall–Kier alpha value is -1.01. The van der Waals surface area contributed by atoms with Crippen molar-refractivity contribution in [1.82, 2.24) is 4.98 Å². The van der Waals surface area contributed by atoms with Crippen LogP contribution in [0.2, 0.25) is 0 Å². The summed E-state index contributed by atoms with van der Waals surface area (Å²) in [6.45, 7) is 2.11. The Morgan fingerprint density at radius 1 is 1.58 bits per heavy atom. The molecule has 0 aliphatic heterocycles. The molecule has 3 rings (SSSR count). The number of hydrogen-bond donors (Lipinski definition) is 2.